The van der Waals surface area contributed by atoms with Crippen LogP contribution in [0.2, 0.25) is 10.0 Å². The first-order valence-electron chi connectivity index (χ1n) is 7.50. The molecule has 0 saturated carbocycles. The van der Waals surface area contributed by atoms with E-state index in [0.717, 1.165) is 11.1 Å². The van der Waals surface area contributed by atoms with Crippen molar-refractivity contribution in [2.75, 3.05) is 0 Å². The number of carbonyl (C=O) groups excluding carboxylic acids is 1. The molecule has 0 fully saturated rings. The van der Waals surface area contributed by atoms with Gasteiger partial charge in [-0.1, -0.05) is 40.9 Å². The van der Waals surface area contributed by atoms with Gasteiger partial charge in [-0.15, -0.1) is 10.2 Å². The van der Waals surface area contributed by atoms with E-state index >= 15 is 0 Å². The zero-order valence-corrected chi connectivity index (χ0v) is 15.0. The summed E-state index contributed by atoms with van der Waals surface area (Å²) in [5, 5.41) is 8.59. The summed E-state index contributed by atoms with van der Waals surface area (Å²) in [6.45, 7) is 3.63. The second-order valence-corrected chi connectivity index (χ2v) is 6.33. The minimum absolute atomic E-state index is 0.180. The van der Waals surface area contributed by atoms with Gasteiger partial charge in [0.05, 0.1) is 10.6 Å². The summed E-state index contributed by atoms with van der Waals surface area (Å²) in [6, 6.07) is 12.2. The maximum absolute atomic E-state index is 12.3. The highest BCUT2D eigenvalue weighted by Crippen LogP contribution is 2.26. The molecule has 1 heterocycles. The molecule has 1 unspecified atom stereocenters. The summed E-state index contributed by atoms with van der Waals surface area (Å²) in [5.41, 5.74) is 2.10. The van der Waals surface area contributed by atoms with Crippen LogP contribution in [0.1, 0.15) is 34.8 Å². The fourth-order valence-electron chi connectivity index (χ4n) is 2.14. The number of hydrogen-bond donors (Lipinski definition) is 0. The summed E-state index contributed by atoms with van der Waals surface area (Å²) >= 11 is 11.9. The molecule has 1 aromatic heterocycles. The van der Waals surface area contributed by atoms with Gasteiger partial charge in [0.15, 0.2) is 6.10 Å². The summed E-state index contributed by atoms with van der Waals surface area (Å²) in [7, 11) is 0. The smallest absolute Gasteiger partial charge is 0.340 e. The minimum atomic E-state index is -0.728. The number of esters is 1. The number of ether oxygens (including phenoxy) is 1. The number of hydrogen-bond acceptors (Lipinski definition) is 5. The standard InChI is InChI=1S/C18H14Cl2N2O3/c1-10-3-5-12(6-4-10)17-22-21-16(25-17)11(2)24-18(23)14-9-13(19)7-8-15(14)20/h3-9,11H,1-2H3. The Morgan fingerprint density at radius 1 is 1.12 bits per heavy atom. The van der Waals surface area contributed by atoms with Gasteiger partial charge in [-0.2, -0.15) is 0 Å². The first kappa shape index (κ1) is 17.5. The molecule has 25 heavy (non-hydrogen) atoms. The molecule has 0 aliphatic heterocycles. The van der Waals surface area contributed by atoms with Gasteiger partial charge < -0.3 is 9.15 Å². The number of aromatic nitrogens is 2. The lowest BCUT2D eigenvalue weighted by atomic mass is 10.1. The summed E-state index contributed by atoms with van der Waals surface area (Å²) < 4.78 is 11.0. The van der Waals surface area contributed by atoms with Gasteiger partial charge in [-0.05, 0) is 44.2 Å². The molecule has 3 rings (SSSR count). The van der Waals surface area contributed by atoms with E-state index in [0.29, 0.717) is 10.9 Å². The quantitative estimate of drug-likeness (QED) is 0.580. The van der Waals surface area contributed by atoms with Crippen LogP contribution >= 0.6 is 23.2 Å². The Morgan fingerprint density at radius 3 is 2.56 bits per heavy atom. The SMILES string of the molecule is Cc1ccc(-c2nnc(C(C)OC(=O)c3cc(Cl)ccc3Cl)o2)cc1. The lowest BCUT2D eigenvalue weighted by molar-refractivity contribution is 0.0280. The molecule has 0 bridgehead atoms. The second-order valence-electron chi connectivity index (χ2n) is 5.48. The average Bonchev–Trinajstić information content (AvgIpc) is 3.07. The van der Waals surface area contributed by atoms with Gasteiger partial charge in [0, 0.05) is 10.6 Å². The summed E-state index contributed by atoms with van der Waals surface area (Å²) in [6.07, 6.45) is -0.728. The van der Waals surface area contributed by atoms with Crippen molar-refractivity contribution in [3.05, 3.63) is 69.5 Å². The van der Waals surface area contributed by atoms with Crippen LogP contribution in [0.3, 0.4) is 0 Å². The van der Waals surface area contributed by atoms with Crippen molar-refractivity contribution in [1.29, 1.82) is 0 Å². The molecule has 0 radical (unpaired) electrons. The minimum Gasteiger partial charge on any atom is -0.449 e. The van der Waals surface area contributed by atoms with Crippen LogP contribution in [0.25, 0.3) is 11.5 Å². The Morgan fingerprint density at radius 2 is 1.84 bits per heavy atom. The van der Waals surface area contributed by atoms with Crippen LogP contribution in [0.5, 0.6) is 0 Å². The van der Waals surface area contributed by atoms with Crippen LogP contribution in [-0.4, -0.2) is 16.2 Å². The van der Waals surface area contributed by atoms with Crippen LogP contribution < -0.4 is 0 Å². The third-order valence-corrected chi connectivity index (χ3v) is 4.08. The van der Waals surface area contributed by atoms with E-state index in [1.54, 1.807) is 13.0 Å². The monoisotopic (exact) mass is 376 g/mol. The number of benzene rings is 2. The maximum atomic E-state index is 12.3. The molecule has 3 aromatic rings. The fourth-order valence-corrected chi connectivity index (χ4v) is 2.51. The van der Waals surface area contributed by atoms with Crippen LogP contribution in [-0.2, 0) is 4.74 Å². The third-order valence-electron chi connectivity index (χ3n) is 3.52. The average molecular weight is 377 g/mol. The summed E-state index contributed by atoms with van der Waals surface area (Å²) in [5.74, 6) is -0.0594. The van der Waals surface area contributed by atoms with Gasteiger partial charge in [-0.25, -0.2) is 4.79 Å². The van der Waals surface area contributed by atoms with Gasteiger partial charge in [0.25, 0.3) is 5.89 Å². The fraction of sp³-hybridized carbons (Fsp3) is 0.167. The maximum Gasteiger partial charge on any atom is 0.340 e. The molecule has 0 spiro atoms. The highest BCUT2D eigenvalue weighted by Gasteiger charge is 2.21. The van der Waals surface area contributed by atoms with E-state index in [1.807, 2.05) is 31.2 Å². The number of halogens is 2. The molecule has 0 aliphatic rings. The van der Waals surface area contributed by atoms with Crippen molar-refractivity contribution in [2.24, 2.45) is 0 Å². The Hall–Kier alpha value is -2.37. The van der Waals surface area contributed by atoms with Gasteiger partial charge >= 0.3 is 5.97 Å². The first-order chi connectivity index (χ1) is 11.9. The largest absolute Gasteiger partial charge is 0.449 e. The molecule has 0 N–H and O–H groups in total. The van der Waals surface area contributed by atoms with E-state index in [9.17, 15) is 4.79 Å². The van der Waals surface area contributed by atoms with Crippen molar-refractivity contribution in [1.82, 2.24) is 10.2 Å². The van der Waals surface area contributed by atoms with Crippen molar-refractivity contribution in [3.8, 4) is 11.5 Å². The lowest BCUT2D eigenvalue weighted by Gasteiger charge is -2.10. The van der Waals surface area contributed by atoms with Crippen LogP contribution in [0.4, 0.5) is 0 Å². The van der Waals surface area contributed by atoms with E-state index in [-0.39, 0.29) is 16.5 Å². The van der Waals surface area contributed by atoms with E-state index in [4.69, 9.17) is 32.4 Å². The van der Waals surface area contributed by atoms with Gasteiger partial charge in [0.1, 0.15) is 0 Å². The van der Waals surface area contributed by atoms with Crippen molar-refractivity contribution >= 4 is 29.2 Å². The molecular weight excluding hydrogens is 363 g/mol. The normalized spacial score (nSPS) is 12.0. The third kappa shape index (κ3) is 4.00. The molecule has 1 atom stereocenters. The Bertz CT molecular complexity index is 907. The molecule has 2 aromatic carbocycles. The summed E-state index contributed by atoms with van der Waals surface area (Å²) in [4.78, 5) is 12.3. The van der Waals surface area contributed by atoms with E-state index in [2.05, 4.69) is 10.2 Å². The molecule has 0 amide bonds. The Labute approximate surface area is 154 Å². The van der Waals surface area contributed by atoms with E-state index in [1.165, 1.54) is 12.1 Å². The Kier molecular flexibility index (Phi) is 5.06. The zero-order chi connectivity index (χ0) is 18.0. The van der Waals surface area contributed by atoms with Gasteiger partial charge in [0.2, 0.25) is 5.89 Å². The molecule has 7 heteroatoms. The molecule has 0 aliphatic carbocycles. The number of nitrogens with zero attached hydrogens (tertiary/aromatic N) is 2. The first-order valence-corrected chi connectivity index (χ1v) is 8.26. The highest BCUT2D eigenvalue weighted by molar-refractivity contribution is 6.35. The van der Waals surface area contributed by atoms with Crippen molar-refractivity contribution < 1.29 is 13.9 Å². The second kappa shape index (κ2) is 7.25. The molecule has 0 saturated heterocycles. The van der Waals surface area contributed by atoms with Crippen molar-refractivity contribution in [3.63, 3.8) is 0 Å². The topological polar surface area (TPSA) is 65.2 Å². The predicted octanol–water partition coefficient (Wildman–Crippen LogP) is 5.27. The Balaban J connectivity index is 1.75. The van der Waals surface area contributed by atoms with Gasteiger partial charge in [-0.3, -0.25) is 0 Å². The number of rotatable bonds is 4. The predicted molar refractivity (Wildman–Crippen MR) is 94.8 cm³/mol. The molecule has 128 valence electrons. The number of carbonyl (C=O) groups is 1. The molecular formula is C18H14Cl2N2O3. The highest BCUT2D eigenvalue weighted by atomic mass is 35.5. The van der Waals surface area contributed by atoms with Crippen LogP contribution in [0.15, 0.2) is 46.9 Å². The molecule has 5 nitrogen and oxygen atoms in total. The lowest BCUT2D eigenvalue weighted by Crippen LogP contribution is -2.10. The zero-order valence-electron chi connectivity index (χ0n) is 13.5. The van der Waals surface area contributed by atoms with Crippen molar-refractivity contribution in [2.45, 2.75) is 20.0 Å². The van der Waals surface area contributed by atoms with E-state index < -0.39 is 12.1 Å². The van der Waals surface area contributed by atoms with Crippen LogP contribution in [0, 0.1) is 6.92 Å². The number of aryl methyl sites for hydroxylation is 1.